The van der Waals surface area contributed by atoms with Gasteiger partial charge >= 0.3 is 11.9 Å². The summed E-state index contributed by atoms with van der Waals surface area (Å²) in [7, 11) is 0. The summed E-state index contributed by atoms with van der Waals surface area (Å²) in [6.45, 7) is 4.17. The van der Waals surface area contributed by atoms with Crippen LogP contribution in [-0.2, 0) is 20.7 Å². The number of hydrogen-bond donors (Lipinski definition) is 0. The van der Waals surface area contributed by atoms with E-state index in [1.807, 2.05) is 25.1 Å². The Bertz CT molecular complexity index is 426. The van der Waals surface area contributed by atoms with E-state index in [0.29, 0.717) is 18.8 Å². The van der Waals surface area contributed by atoms with Gasteiger partial charge in [-0.25, -0.2) is 0 Å². The highest BCUT2D eigenvalue weighted by atomic mass is 16.5. The summed E-state index contributed by atoms with van der Waals surface area (Å²) in [6, 6.07) is 7.45. The number of carbonyl (C=O) groups is 2. The van der Waals surface area contributed by atoms with Crippen LogP contribution in [0.4, 0.5) is 0 Å². The van der Waals surface area contributed by atoms with Crippen LogP contribution in [0.25, 0.3) is 0 Å². The molecule has 0 bridgehead atoms. The molecule has 0 atom stereocenters. The Kier molecular flexibility index (Phi) is 6.64. The summed E-state index contributed by atoms with van der Waals surface area (Å²) in [5.41, 5.74) is 1.12. The maximum absolute atomic E-state index is 11.6. The molecule has 0 amide bonds. The molecule has 19 heavy (non-hydrogen) atoms. The van der Waals surface area contributed by atoms with E-state index in [1.54, 1.807) is 13.0 Å². The Morgan fingerprint density at radius 1 is 1.11 bits per heavy atom. The first-order valence-corrected chi connectivity index (χ1v) is 6.61. The molecule has 4 nitrogen and oxygen atoms in total. The molecule has 0 unspecified atom stereocenters. The van der Waals surface area contributed by atoms with Crippen molar-refractivity contribution in [2.45, 2.75) is 39.5 Å². The van der Waals surface area contributed by atoms with Gasteiger partial charge in [-0.15, -0.1) is 0 Å². The lowest BCUT2D eigenvalue weighted by Crippen LogP contribution is -2.10. The number of benzene rings is 1. The summed E-state index contributed by atoms with van der Waals surface area (Å²) < 4.78 is 9.99. The van der Waals surface area contributed by atoms with Crippen LogP contribution < -0.4 is 4.74 Å². The molecule has 1 aromatic rings. The van der Waals surface area contributed by atoms with Crippen LogP contribution in [0.15, 0.2) is 24.3 Å². The molecule has 0 N–H and O–H groups in total. The first kappa shape index (κ1) is 15.2. The van der Waals surface area contributed by atoms with Gasteiger partial charge in [0, 0.05) is 12.8 Å². The van der Waals surface area contributed by atoms with E-state index in [1.165, 1.54) is 0 Å². The Balaban J connectivity index is 2.32. The van der Waals surface area contributed by atoms with Crippen molar-refractivity contribution in [3.8, 4) is 5.75 Å². The molecule has 0 fully saturated rings. The van der Waals surface area contributed by atoms with E-state index in [9.17, 15) is 9.59 Å². The lowest BCUT2D eigenvalue weighted by atomic mass is 10.2. The van der Waals surface area contributed by atoms with E-state index < -0.39 is 0 Å². The van der Waals surface area contributed by atoms with Crippen LogP contribution in [0.2, 0.25) is 0 Å². The van der Waals surface area contributed by atoms with Gasteiger partial charge in [0.05, 0.1) is 6.61 Å². The highest BCUT2D eigenvalue weighted by Gasteiger charge is 2.08. The number of aryl methyl sites for hydroxylation is 1. The van der Waals surface area contributed by atoms with Gasteiger partial charge in [-0.3, -0.25) is 9.59 Å². The average molecular weight is 264 g/mol. The molecule has 0 aliphatic heterocycles. The van der Waals surface area contributed by atoms with Gasteiger partial charge in [-0.2, -0.15) is 0 Å². The van der Waals surface area contributed by atoms with Gasteiger partial charge in [0.25, 0.3) is 0 Å². The quantitative estimate of drug-likeness (QED) is 0.561. The summed E-state index contributed by atoms with van der Waals surface area (Å²) in [5.74, 6) is -0.0404. The highest BCUT2D eigenvalue weighted by molar-refractivity contribution is 5.74. The third-order valence-electron chi connectivity index (χ3n) is 2.61. The molecular weight excluding hydrogens is 244 g/mol. The van der Waals surface area contributed by atoms with Crippen LogP contribution in [0, 0.1) is 0 Å². The largest absolute Gasteiger partial charge is 0.466 e. The smallest absolute Gasteiger partial charge is 0.311 e. The minimum atomic E-state index is -0.322. The van der Waals surface area contributed by atoms with Gasteiger partial charge in [-0.05, 0) is 37.5 Å². The molecule has 0 aromatic heterocycles. The molecule has 4 heteroatoms. The minimum Gasteiger partial charge on any atom is -0.466 e. The van der Waals surface area contributed by atoms with E-state index in [0.717, 1.165) is 12.0 Å². The molecule has 0 aliphatic rings. The van der Waals surface area contributed by atoms with Gasteiger partial charge in [0.2, 0.25) is 0 Å². The van der Waals surface area contributed by atoms with Gasteiger partial charge in [0.1, 0.15) is 5.75 Å². The fourth-order valence-corrected chi connectivity index (χ4v) is 1.62. The molecule has 0 heterocycles. The first-order valence-electron chi connectivity index (χ1n) is 6.61. The zero-order valence-corrected chi connectivity index (χ0v) is 11.5. The molecule has 0 saturated carbocycles. The predicted octanol–water partition coefficient (Wildman–Crippen LogP) is 2.89. The topological polar surface area (TPSA) is 52.6 Å². The fourth-order valence-electron chi connectivity index (χ4n) is 1.62. The predicted molar refractivity (Wildman–Crippen MR) is 71.9 cm³/mol. The zero-order chi connectivity index (χ0) is 14.1. The Morgan fingerprint density at radius 2 is 1.84 bits per heavy atom. The molecule has 0 saturated heterocycles. The first-order chi connectivity index (χ1) is 9.15. The minimum absolute atomic E-state index is 0.217. The van der Waals surface area contributed by atoms with Crippen LogP contribution in [0.1, 0.15) is 38.7 Å². The van der Waals surface area contributed by atoms with E-state index in [-0.39, 0.29) is 24.8 Å². The Hall–Kier alpha value is -1.84. The van der Waals surface area contributed by atoms with Crippen molar-refractivity contribution in [3.05, 3.63) is 29.8 Å². The van der Waals surface area contributed by atoms with Gasteiger partial charge < -0.3 is 9.47 Å². The van der Waals surface area contributed by atoms with Crippen molar-refractivity contribution in [1.82, 2.24) is 0 Å². The summed E-state index contributed by atoms with van der Waals surface area (Å²) >= 11 is 0. The zero-order valence-electron chi connectivity index (χ0n) is 11.5. The number of esters is 2. The third-order valence-corrected chi connectivity index (χ3v) is 2.61. The summed E-state index contributed by atoms with van der Waals surface area (Å²) in [5, 5.41) is 0. The van der Waals surface area contributed by atoms with Crippen molar-refractivity contribution < 1.29 is 19.1 Å². The van der Waals surface area contributed by atoms with Gasteiger partial charge in [-0.1, -0.05) is 19.1 Å². The van der Waals surface area contributed by atoms with Crippen LogP contribution in [0.5, 0.6) is 5.75 Å². The molecule has 104 valence electrons. The van der Waals surface area contributed by atoms with Crippen molar-refractivity contribution in [2.75, 3.05) is 6.61 Å². The summed E-state index contributed by atoms with van der Waals surface area (Å²) in [4.78, 5) is 22.7. The summed E-state index contributed by atoms with van der Waals surface area (Å²) in [6.07, 6.45) is 1.81. The molecular formula is C15H20O4. The number of carbonyl (C=O) groups excluding carboxylic acids is 2. The highest BCUT2D eigenvalue weighted by Crippen LogP contribution is 2.14. The van der Waals surface area contributed by atoms with E-state index in [2.05, 4.69) is 0 Å². The number of rotatable bonds is 7. The van der Waals surface area contributed by atoms with Crippen molar-refractivity contribution in [2.24, 2.45) is 0 Å². The molecule has 0 spiro atoms. The maximum Gasteiger partial charge on any atom is 0.311 e. The lowest BCUT2D eigenvalue weighted by Gasteiger charge is -2.05. The molecule has 0 aliphatic carbocycles. The van der Waals surface area contributed by atoms with Crippen LogP contribution in [-0.4, -0.2) is 18.5 Å². The second-order valence-corrected chi connectivity index (χ2v) is 4.13. The van der Waals surface area contributed by atoms with Crippen molar-refractivity contribution >= 4 is 11.9 Å². The number of hydrogen-bond acceptors (Lipinski definition) is 4. The van der Waals surface area contributed by atoms with E-state index in [4.69, 9.17) is 9.47 Å². The molecule has 1 aromatic carbocycles. The van der Waals surface area contributed by atoms with Gasteiger partial charge in [0.15, 0.2) is 0 Å². The second-order valence-electron chi connectivity index (χ2n) is 4.13. The van der Waals surface area contributed by atoms with E-state index >= 15 is 0 Å². The normalized spacial score (nSPS) is 10.0. The standard InChI is InChI=1S/C15H20O4/c1-3-12-7-5-8-13(11-12)19-15(17)10-6-9-14(16)18-4-2/h5,7-8,11H,3-4,6,9-10H2,1-2H3. The second kappa shape index (κ2) is 8.29. The Labute approximate surface area is 113 Å². The molecule has 1 rings (SSSR count). The maximum atomic E-state index is 11.6. The SMILES string of the molecule is CCOC(=O)CCCC(=O)Oc1cccc(CC)c1. The third kappa shape index (κ3) is 6.04. The molecule has 0 radical (unpaired) electrons. The van der Waals surface area contributed by atoms with Crippen LogP contribution in [0.3, 0.4) is 0 Å². The number of ether oxygens (including phenoxy) is 2. The van der Waals surface area contributed by atoms with Crippen molar-refractivity contribution in [1.29, 1.82) is 0 Å². The monoisotopic (exact) mass is 264 g/mol. The van der Waals surface area contributed by atoms with Crippen molar-refractivity contribution in [3.63, 3.8) is 0 Å². The fraction of sp³-hybridized carbons (Fsp3) is 0.467. The Morgan fingerprint density at radius 3 is 2.53 bits per heavy atom. The van der Waals surface area contributed by atoms with Crippen LogP contribution >= 0.6 is 0 Å². The lowest BCUT2D eigenvalue weighted by molar-refractivity contribution is -0.143. The average Bonchev–Trinajstić information content (AvgIpc) is 2.39.